The molecule has 0 N–H and O–H groups in total. The highest BCUT2D eigenvalue weighted by Gasteiger charge is 2.32. The fraction of sp³-hybridized carbons (Fsp3) is 0.294. The zero-order valence-electron chi connectivity index (χ0n) is 12.0. The highest BCUT2D eigenvalue weighted by molar-refractivity contribution is 5.67. The van der Waals surface area contributed by atoms with Gasteiger partial charge in [0.1, 0.15) is 5.76 Å². The Kier molecular flexibility index (Phi) is 2.88. The normalized spacial score (nSPS) is 14.5. The van der Waals surface area contributed by atoms with Crippen molar-refractivity contribution in [3.05, 3.63) is 59.7 Å². The lowest BCUT2D eigenvalue weighted by Gasteiger charge is -2.01. The Hall–Kier alpha value is -2.36. The molecule has 3 aromatic rings. The van der Waals surface area contributed by atoms with Crippen LogP contribution in [0.1, 0.15) is 35.8 Å². The number of nitrogens with zero attached hydrogens (tertiary/aromatic N) is 3. The maximum Gasteiger partial charge on any atom is 0.147 e. The molecule has 1 saturated carbocycles. The van der Waals surface area contributed by atoms with E-state index in [2.05, 4.69) is 40.7 Å². The predicted octanol–water partition coefficient (Wildman–Crippen LogP) is 3.77. The molecule has 2 aromatic heterocycles. The van der Waals surface area contributed by atoms with Crippen LogP contribution in [-0.2, 0) is 6.54 Å². The van der Waals surface area contributed by atoms with E-state index in [0.717, 1.165) is 29.1 Å². The van der Waals surface area contributed by atoms with Crippen LogP contribution in [0.2, 0.25) is 0 Å². The number of aryl methyl sites for hydroxylation is 1. The first-order valence-electron chi connectivity index (χ1n) is 7.34. The summed E-state index contributed by atoms with van der Waals surface area (Å²) in [6.45, 7) is 2.78. The van der Waals surface area contributed by atoms with Gasteiger partial charge in [0.15, 0.2) is 0 Å². The van der Waals surface area contributed by atoms with E-state index in [-0.39, 0.29) is 0 Å². The molecule has 21 heavy (non-hydrogen) atoms. The summed E-state index contributed by atoms with van der Waals surface area (Å²) in [4.78, 5) is 0. The number of rotatable bonds is 4. The molecule has 106 valence electrons. The Labute approximate surface area is 123 Å². The summed E-state index contributed by atoms with van der Waals surface area (Å²) in [5.41, 5.74) is 4.44. The molecule has 0 aliphatic heterocycles. The van der Waals surface area contributed by atoms with Crippen molar-refractivity contribution in [3.8, 4) is 11.1 Å². The minimum Gasteiger partial charge on any atom is -0.360 e. The molecule has 0 radical (unpaired) electrons. The Morgan fingerprint density at radius 3 is 2.81 bits per heavy atom. The van der Waals surface area contributed by atoms with Gasteiger partial charge in [-0.2, -0.15) is 5.10 Å². The smallest absolute Gasteiger partial charge is 0.147 e. The van der Waals surface area contributed by atoms with Crippen LogP contribution in [-0.4, -0.2) is 14.9 Å². The Bertz CT molecular complexity index is 753. The van der Waals surface area contributed by atoms with Gasteiger partial charge < -0.3 is 4.52 Å². The van der Waals surface area contributed by atoms with Crippen LogP contribution in [0.5, 0.6) is 0 Å². The lowest BCUT2D eigenvalue weighted by Crippen LogP contribution is -1.99. The zero-order valence-corrected chi connectivity index (χ0v) is 12.0. The maximum absolute atomic E-state index is 5.51. The SMILES string of the molecule is Cc1noc(C2CC2)c1-c1cnn(Cc2ccccc2)c1. The van der Waals surface area contributed by atoms with E-state index < -0.39 is 0 Å². The van der Waals surface area contributed by atoms with E-state index in [1.807, 2.05) is 23.9 Å². The Morgan fingerprint density at radius 2 is 2.05 bits per heavy atom. The second kappa shape index (κ2) is 4.88. The van der Waals surface area contributed by atoms with Crippen molar-refractivity contribution >= 4 is 0 Å². The summed E-state index contributed by atoms with van der Waals surface area (Å²) in [5.74, 6) is 1.59. The van der Waals surface area contributed by atoms with E-state index >= 15 is 0 Å². The van der Waals surface area contributed by atoms with Crippen molar-refractivity contribution in [2.45, 2.75) is 32.2 Å². The van der Waals surface area contributed by atoms with Crippen LogP contribution in [0.4, 0.5) is 0 Å². The van der Waals surface area contributed by atoms with Gasteiger partial charge in [-0.05, 0) is 25.3 Å². The van der Waals surface area contributed by atoms with Crippen molar-refractivity contribution in [2.24, 2.45) is 0 Å². The van der Waals surface area contributed by atoms with Crippen LogP contribution in [0, 0.1) is 6.92 Å². The molecular formula is C17H17N3O. The molecule has 0 bridgehead atoms. The summed E-state index contributed by atoms with van der Waals surface area (Å²) < 4.78 is 7.48. The quantitative estimate of drug-likeness (QED) is 0.730. The maximum atomic E-state index is 5.51. The first-order valence-corrected chi connectivity index (χ1v) is 7.34. The average molecular weight is 279 g/mol. The van der Waals surface area contributed by atoms with Gasteiger partial charge in [0, 0.05) is 17.7 Å². The van der Waals surface area contributed by atoms with Gasteiger partial charge in [0.25, 0.3) is 0 Å². The summed E-state index contributed by atoms with van der Waals surface area (Å²) in [7, 11) is 0. The highest BCUT2D eigenvalue weighted by Crippen LogP contribution is 2.45. The molecule has 1 fully saturated rings. The summed E-state index contributed by atoms with van der Waals surface area (Å²) in [5, 5.41) is 8.61. The van der Waals surface area contributed by atoms with Crippen LogP contribution in [0.25, 0.3) is 11.1 Å². The molecule has 0 atom stereocenters. The molecule has 2 heterocycles. The van der Waals surface area contributed by atoms with Crippen molar-refractivity contribution < 1.29 is 4.52 Å². The fourth-order valence-corrected chi connectivity index (χ4v) is 2.71. The standard InChI is InChI=1S/C17H17N3O/c1-12-16(17(21-19-12)14-7-8-14)15-9-18-20(11-15)10-13-5-3-2-4-6-13/h2-6,9,11,14H,7-8,10H2,1H3. The zero-order chi connectivity index (χ0) is 14.2. The van der Waals surface area contributed by atoms with E-state index in [0.29, 0.717) is 5.92 Å². The Morgan fingerprint density at radius 1 is 1.24 bits per heavy atom. The highest BCUT2D eigenvalue weighted by atomic mass is 16.5. The monoisotopic (exact) mass is 279 g/mol. The molecule has 0 unspecified atom stereocenters. The summed E-state index contributed by atoms with van der Waals surface area (Å²) >= 11 is 0. The molecule has 0 amide bonds. The van der Waals surface area contributed by atoms with E-state index in [1.54, 1.807) is 0 Å². The van der Waals surface area contributed by atoms with Crippen molar-refractivity contribution in [3.63, 3.8) is 0 Å². The number of hydrogen-bond donors (Lipinski definition) is 0. The van der Waals surface area contributed by atoms with Crippen molar-refractivity contribution in [1.29, 1.82) is 0 Å². The van der Waals surface area contributed by atoms with Crippen molar-refractivity contribution in [2.75, 3.05) is 0 Å². The van der Waals surface area contributed by atoms with E-state index in [4.69, 9.17) is 4.52 Å². The second-order valence-electron chi connectivity index (χ2n) is 5.69. The lowest BCUT2D eigenvalue weighted by molar-refractivity contribution is 0.381. The molecule has 4 heteroatoms. The van der Waals surface area contributed by atoms with E-state index in [1.165, 1.54) is 18.4 Å². The second-order valence-corrected chi connectivity index (χ2v) is 5.69. The average Bonchev–Trinajstić information content (AvgIpc) is 3.13. The van der Waals surface area contributed by atoms with Gasteiger partial charge in [-0.1, -0.05) is 35.5 Å². The first kappa shape index (κ1) is 12.4. The molecule has 1 aliphatic rings. The van der Waals surface area contributed by atoms with E-state index in [9.17, 15) is 0 Å². The number of hydrogen-bond acceptors (Lipinski definition) is 3. The third kappa shape index (κ3) is 2.37. The van der Waals surface area contributed by atoms with Gasteiger partial charge in [-0.25, -0.2) is 0 Å². The number of benzene rings is 1. The largest absolute Gasteiger partial charge is 0.360 e. The van der Waals surface area contributed by atoms with Crippen LogP contribution >= 0.6 is 0 Å². The van der Waals surface area contributed by atoms with Gasteiger partial charge in [0.05, 0.1) is 24.0 Å². The molecule has 0 saturated heterocycles. The van der Waals surface area contributed by atoms with Gasteiger partial charge in [0.2, 0.25) is 0 Å². The third-order valence-electron chi connectivity index (χ3n) is 3.95. The summed E-state index contributed by atoms with van der Waals surface area (Å²) in [6.07, 6.45) is 6.41. The molecule has 1 aromatic carbocycles. The van der Waals surface area contributed by atoms with Crippen LogP contribution in [0.15, 0.2) is 47.2 Å². The molecular weight excluding hydrogens is 262 g/mol. The van der Waals surface area contributed by atoms with Gasteiger partial charge in [-0.3, -0.25) is 4.68 Å². The topological polar surface area (TPSA) is 43.9 Å². The van der Waals surface area contributed by atoms with Gasteiger partial charge in [-0.15, -0.1) is 0 Å². The molecule has 4 nitrogen and oxygen atoms in total. The minimum absolute atomic E-state index is 0.554. The van der Waals surface area contributed by atoms with Gasteiger partial charge >= 0.3 is 0 Å². The third-order valence-corrected chi connectivity index (χ3v) is 3.95. The first-order chi connectivity index (χ1) is 10.3. The summed E-state index contributed by atoms with van der Waals surface area (Å²) in [6, 6.07) is 10.4. The fourth-order valence-electron chi connectivity index (χ4n) is 2.71. The van der Waals surface area contributed by atoms with Crippen LogP contribution < -0.4 is 0 Å². The molecule has 0 spiro atoms. The van der Waals surface area contributed by atoms with Crippen LogP contribution in [0.3, 0.4) is 0 Å². The molecule has 1 aliphatic carbocycles. The number of aromatic nitrogens is 3. The minimum atomic E-state index is 0.554. The lowest BCUT2D eigenvalue weighted by atomic mass is 10.1. The predicted molar refractivity (Wildman–Crippen MR) is 80.0 cm³/mol. The van der Waals surface area contributed by atoms with Crippen molar-refractivity contribution in [1.82, 2.24) is 14.9 Å². The molecule has 4 rings (SSSR count). The Balaban J connectivity index is 1.64.